The molecule has 5 heteroatoms. The summed E-state index contributed by atoms with van der Waals surface area (Å²) in [5, 5.41) is 17.0. The second-order valence-electron chi connectivity index (χ2n) is 1.01. The van der Waals surface area contributed by atoms with Gasteiger partial charge in [0.1, 0.15) is 6.07 Å². The maximum Gasteiger partial charge on any atom is 0.320 e. The zero-order chi connectivity index (χ0) is 7.28. The molecule has 0 aromatic carbocycles. The van der Waals surface area contributed by atoms with Crippen LogP contribution in [0.4, 0.5) is 0 Å². The lowest BCUT2D eigenvalue weighted by Crippen LogP contribution is -2.25. The van der Waals surface area contributed by atoms with Crippen molar-refractivity contribution in [1.29, 1.82) is 10.5 Å². The molecular formula is C4HN3O2. The number of nitrogens with zero attached hydrogens (tertiary/aromatic N) is 2. The second kappa shape index (κ2) is 3.16. The van der Waals surface area contributed by atoms with E-state index in [1.165, 1.54) is 11.5 Å². The Morgan fingerprint density at radius 2 is 1.89 bits per heavy atom. The number of carbonyl (C=O) groups excluding carboxylic acids is 2. The van der Waals surface area contributed by atoms with Crippen LogP contribution in [0.25, 0.3) is 0 Å². The molecule has 0 aromatic heterocycles. The number of nitriles is 2. The number of ketones is 1. The van der Waals surface area contributed by atoms with Crippen LogP contribution in [0, 0.1) is 22.8 Å². The van der Waals surface area contributed by atoms with Crippen LogP contribution in [0.3, 0.4) is 0 Å². The number of hydrogen-bond donors (Lipinski definition) is 1. The third-order valence-electron chi connectivity index (χ3n) is 0.477. The Kier molecular flexibility index (Phi) is 2.50. The van der Waals surface area contributed by atoms with Crippen LogP contribution in [-0.2, 0) is 9.59 Å². The smallest absolute Gasteiger partial charge is 0.271 e. The first kappa shape index (κ1) is 7.12. The molecular weight excluding hydrogens is 122 g/mol. The molecule has 0 rings (SSSR count). The van der Waals surface area contributed by atoms with E-state index < -0.39 is 11.7 Å². The van der Waals surface area contributed by atoms with Crippen LogP contribution in [0.15, 0.2) is 0 Å². The second-order valence-corrected chi connectivity index (χ2v) is 1.01. The Labute approximate surface area is 50.5 Å². The molecule has 0 aliphatic rings. The van der Waals surface area contributed by atoms with E-state index in [0.717, 1.165) is 6.07 Å². The first-order valence-corrected chi connectivity index (χ1v) is 1.86. The summed E-state index contributed by atoms with van der Waals surface area (Å²) in [6.07, 6.45) is 1.21. The zero-order valence-electron chi connectivity index (χ0n) is 4.21. The molecule has 0 atom stereocenters. The van der Waals surface area contributed by atoms with Gasteiger partial charge in [-0.1, -0.05) is 0 Å². The molecule has 0 saturated heterocycles. The Morgan fingerprint density at radius 1 is 1.33 bits per heavy atom. The maximum atomic E-state index is 10.1. The highest BCUT2D eigenvalue weighted by Gasteiger charge is 2.09. The lowest BCUT2D eigenvalue weighted by atomic mass is 10.4. The van der Waals surface area contributed by atoms with Gasteiger partial charge in [-0.25, -0.2) is 0 Å². The lowest BCUT2D eigenvalue weighted by molar-refractivity contribution is -0.134. The van der Waals surface area contributed by atoms with E-state index in [1.54, 1.807) is 0 Å². The minimum absolute atomic E-state index is 1.05. The molecule has 0 saturated carbocycles. The monoisotopic (exact) mass is 123 g/mol. The summed E-state index contributed by atoms with van der Waals surface area (Å²) < 4.78 is 0. The summed E-state index contributed by atoms with van der Waals surface area (Å²) in [5.41, 5.74) is 0. The summed E-state index contributed by atoms with van der Waals surface area (Å²) in [6.45, 7) is 0. The van der Waals surface area contributed by atoms with E-state index in [2.05, 4.69) is 0 Å². The predicted octanol–water partition coefficient (Wildman–Crippen LogP) is -1.32. The van der Waals surface area contributed by atoms with Crippen LogP contribution in [0.2, 0.25) is 0 Å². The van der Waals surface area contributed by atoms with E-state index in [9.17, 15) is 9.59 Å². The minimum atomic E-state index is -1.27. The van der Waals surface area contributed by atoms with Crippen molar-refractivity contribution in [2.75, 3.05) is 0 Å². The molecule has 0 aromatic rings. The van der Waals surface area contributed by atoms with Gasteiger partial charge in [-0.15, -0.1) is 0 Å². The first-order valence-electron chi connectivity index (χ1n) is 1.86. The minimum Gasteiger partial charge on any atom is -0.271 e. The van der Waals surface area contributed by atoms with Crippen molar-refractivity contribution in [2.45, 2.75) is 0 Å². The van der Waals surface area contributed by atoms with E-state index in [0.29, 0.717) is 0 Å². The summed E-state index contributed by atoms with van der Waals surface area (Å²) in [4.78, 5) is 20.0. The fraction of sp³-hybridized carbons (Fsp3) is 0. The van der Waals surface area contributed by atoms with E-state index in [4.69, 9.17) is 10.5 Å². The van der Waals surface area contributed by atoms with Gasteiger partial charge in [-0.05, 0) is 0 Å². The zero-order valence-corrected chi connectivity index (χ0v) is 4.21. The Morgan fingerprint density at radius 3 is 2.22 bits per heavy atom. The van der Waals surface area contributed by atoms with Gasteiger partial charge >= 0.3 is 11.7 Å². The Hall–Kier alpha value is -1.88. The van der Waals surface area contributed by atoms with Gasteiger partial charge in [0.05, 0.1) is 0 Å². The number of hydrogen-bond acceptors (Lipinski definition) is 4. The molecule has 0 unspecified atom stereocenters. The molecule has 0 spiro atoms. The predicted molar refractivity (Wildman–Crippen MR) is 24.4 cm³/mol. The Bertz CT molecular complexity index is 219. The third-order valence-corrected chi connectivity index (χ3v) is 0.477. The maximum absolute atomic E-state index is 10.1. The standard InChI is InChI=1S/C4HN3O2/c5-1-3(8)4(9)7-2-6/h(H,7,9). The summed E-state index contributed by atoms with van der Waals surface area (Å²) in [5.74, 6) is -2.46. The molecule has 0 aliphatic heterocycles. The largest absolute Gasteiger partial charge is 0.320 e. The quantitative estimate of drug-likeness (QED) is 0.202. The topological polar surface area (TPSA) is 93.8 Å². The SMILES string of the molecule is N#CNC(=O)C(=O)C#N. The number of nitrogens with one attached hydrogen (secondary N) is 1. The van der Waals surface area contributed by atoms with Crippen molar-refractivity contribution >= 4 is 11.7 Å². The van der Waals surface area contributed by atoms with Crippen molar-refractivity contribution in [3.8, 4) is 12.3 Å². The third kappa shape index (κ3) is 2.05. The van der Waals surface area contributed by atoms with Crippen molar-refractivity contribution in [1.82, 2.24) is 5.32 Å². The highest BCUT2D eigenvalue weighted by molar-refractivity contribution is 6.42. The normalized spacial score (nSPS) is 6.44. The summed E-state index contributed by atoms with van der Waals surface area (Å²) in [7, 11) is 0. The number of Topliss-reactive ketones (excluding diaryl/α,β-unsaturated/α-hetero) is 1. The molecule has 1 N–H and O–H groups in total. The van der Waals surface area contributed by atoms with Gasteiger partial charge in [0.25, 0.3) is 0 Å². The van der Waals surface area contributed by atoms with Gasteiger partial charge in [0, 0.05) is 0 Å². The van der Waals surface area contributed by atoms with Gasteiger partial charge < -0.3 is 0 Å². The number of rotatable bonds is 1. The van der Waals surface area contributed by atoms with Crippen molar-refractivity contribution in [2.24, 2.45) is 0 Å². The molecule has 1 amide bonds. The van der Waals surface area contributed by atoms with Gasteiger partial charge in [0.2, 0.25) is 0 Å². The number of carbonyl (C=O) groups is 2. The van der Waals surface area contributed by atoms with Gasteiger partial charge in [0.15, 0.2) is 6.19 Å². The molecule has 9 heavy (non-hydrogen) atoms. The van der Waals surface area contributed by atoms with Crippen LogP contribution in [-0.4, -0.2) is 11.7 Å². The number of amides is 1. The van der Waals surface area contributed by atoms with Crippen LogP contribution < -0.4 is 5.32 Å². The summed E-state index contributed by atoms with van der Waals surface area (Å²) in [6, 6.07) is 1.05. The summed E-state index contributed by atoms with van der Waals surface area (Å²) >= 11 is 0. The molecule has 44 valence electrons. The Balaban J connectivity index is 3.97. The molecule has 5 nitrogen and oxygen atoms in total. The lowest BCUT2D eigenvalue weighted by Gasteiger charge is -1.81. The highest BCUT2D eigenvalue weighted by atomic mass is 16.2. The van der Waals surface area contributed by atoms with Gasteiger partial charge in [-0.2, -0.15) is 10.5 Å². The van der Waals surface area contributed by atoms with Crippen LogP contribution in [0.1, 0.15) is 0 Å². The van der Waals surface area contributed by atoms with E-state index in [-0.39, 0.29) is 0 Å². The molecule has 0 aliphatic carbocycles. The van der Waals surface area contributed by atoms with E-state index >= 15 is 0 Å². The molecule has 0 bridgehead atoms. The van der Waals surface area contributed by atoms with Gasteiger partial charge in [-0.3, -0.25) is 14.9 Å². The fourth-order valence-corrected chi connectivity index (χ4v) is 0.158. The molecule has 0 radical (unpaired) electrons. The van der Waals surface area contributed by atoms with Crippen molar-refractivity contribution in [3.05, 3.63) is 0 Å². The first-order chi connectivity index (χ1) is 4.22. The highest BCUT2D eigenvalue weighted by Crippen LogP contribution is 1.65. The van der Waals surface area contributed by atoms with Crippen molar-refractivity contribution < 1.29 is 9.59 Å². The average Bonchev–Trinajstić information content (AvgIpc) is 1.87. The van der Waals surface area contributed by atoms with Crippen molar-refractivity contribution in [3.63, 3.8) is 0 Å². The fourth-order valence-electron chi connectivity index (χ4n) is 0.158. The molecule has 0 heterocycles. The molecule has 0 fully saturated rings. The average molecular weight is 123 g/mol. The van der Waals surface area contributed by atoms with Crippen LogP contribution in [0.5, 0.6) is 0 Å². The van der Waals surface area contributed by atoms with E-state index in [1.807, 2.05) is 0 Å². The van der Waals surface area contributed by atoms with Crippen LogP contribution >= 0.6 is 0 Å².